The average molecular weight is 317 g/mol. The highest BCUT2D eigenvalue weighted by molar-refractivity contribution is 5.98. The van der Waals surface area contributed by atoms with E-state index in [4.69, 9.17) is 5.11 Å². The zero-order chi connectivity index (χ0) is 16.4. The molecule has 1 aromatic heterocycles. The fraction of sp³-hybridized carbons (Fsp3) is 0.500. The lowest BCUT2D eigenvalue weighted by molar-refractivity contribution is -0.129. The highest BCUT2D eigenvalue weighted by Crippen LogP contribution is 2.29. The molecule has 1 atom stereocenters. The van der Waals surface area contributed by atoms with Crippen LogP contribution in [0.3, 0.4) is 0 Å². The van der Waals surface area contributed by atoms with Crippen molar-refractivity contribution in [3.05, 3.63) is 24.0 Å². The summed E-state index contributed by atoms with van der Waals surface area (Å²) in [6, 6.07) is 3.13. The van der Waals surface area contributed by atoms with E-state index in [2.05, 4.69) is 10.3 Å². The van der Waals surface area contributed by atoms with Gasteiger partial charge >= 0.3 is 5.97 Å². The molecular formula is C16H19N3O4. The second-order valence-corrected chi connectivity index (χ2v) is 6.11. The molecule has 23 heavy (non-hydrogen) atoms. The normalized spacial score (nSPS) is 21.7. The van der Waals surface area contributed by atoms with E-state index >= 15 is 0 Å². The van der Waals surface area contributed by atoms with Crippen LogP contribution in [0.1, 0.15) is 42.6 Å². The van der Waals surface area contributed by atoms with Crippen LogP contribution in [0.25, 0.3) is 0 Å². The van der Waals surface area contributed by atoms with Gasteiger partial charge < -0.3 is 15.3 Å². The van der Waals surface area contributed by atoms with Gasteiger partial charge in [0.15, 0.2) is 0 Å². The first kappa shape index (κ1) is 15.5. The number of carbonyl (C=O) groups is 3. The summed E-state index contributed by atoms with van der Waals surface area (Å²) < 4.78 is 0. The third-order valence-corrected chi connectivity index (χ3v) is 4.54. The molecule has 122 valence electrons. The monoisotopic (exact) mass is 317 g/mol. The zero-order valence-electron chi connectivity index (χ0n) is 12.7. The summed E-state index contributed by atoms with van der Waals surface area (Å²) in [5.41, 5.74) is 0.257. The molecule has 2 amide bonds. The largest absolute Gasteiger partial charge is 0.477 e. The van der Waals surface area contributed by atoms with Crippen LogP contribution in [0.15, 0.2) is 18.3 Å². The van der Waals surface area contributed by atoms with Crippen molar-refractivity contribution in [3.8, 4) is 0 Å². The van der Waals surface area contributed by atoms with Crippen LogP contribution in [-0.2, 0) is 9.59 Å². The van der Waals surface area contributed by atoms with Crippen LogP contribution in [0.4, 0.5) is 5.69 Å². The van der Waals surface area contributed by atoms with Gasteiger partial charge in [-0.2, -0.15) is 0 Å². The number of amides is 2. The van der Waals surface area contributed by atoms with Gasteiger partial charge in [0, 0.05) is 30.9 Å². The lowest BCUT2D eigenvalue weighted by atomic mass is 10.1. The average Bonchev–Trinajstić information content (AvgIpc) is 3.16. The molecule has 2 aliphatic rings. The number of aromatic carboxylic acids is 1. The number of pyridine rings is 1. The number of hydrogen-bond donors (Lipinski definition) is 2. The van der Waals surface area contributed by atoms with Crippen molar-refractivity contribution in [2.75, 3.05) is 11.9 Å². The second-order valence-electron chi connectivity index (χ2n) is 6.11. The molecule has 2 N–H and O–H groups in total. The number of carboxylic acids is 1. The predicted molar refractivity (Wildman–Crippen MR) is 81.9 cm³/mol. The van der Waals surface area contributed by atoms with Crippen molar-refractivity contribution >= 4 is 23.5 Å². The van der Waals surface area contributed by atoms with E-state index in [9.17, 15) is 14.4 Å². The first-order valence-corrected chi connectivity index (χ1v) is 7.84. The van der Waals surface area contributed by atoms with Gasteiger partial charge in [-0.05, 0) is 25.0 Å². The number of hydrogen-bond acceptors (Lipinski definition) is 4. The molecule has 1 saturated heterocycles. The Morgan fingerprint density at radius 1 is 1.30 bits per heavy atom. The summed E-state index contributed by atoms with van der Waals surface area (Å²) in [6.07, 6.45) is 5.88. The third kappa shape index (κ3) is 3.33. The maximum atomic E-state index is 12.3. The number of nitrogens with zero attached hydrogens (tertiary/aromatic N) is 2. The van der Waals surface area contributed by atoms with Crippen molar-refractivity contribution < 1.29 is 19.5 Å². The Morgan fingerprint density at radius 3 is 2.74 bits per heavy atom. The molecule has 0 spiro atoms. The van der Waals surface area contributed by atoms with Crippen molar-refractivity contribution in [1.82, 2.24) is 9.88 Å². The number of carbonyl (C=O) groups excluding carboxylic acids is 2. The quantitative estimate of drug-likeness (QED) is 0.877. The molecule has 3 rings (SSSR count). The maximum absolute atomic E-state index is 12.3. The standard InChI is InChI=1S/C16H19N3O4/c20-14-7-10(9-19(14)12-3-1-2-4-12)15(21)18-11-5-6-17-13(8-11)16(22)23/h5-6,8,10,12H,1-4,7,9H2,(H,22,23)(H,17,18,21). The van der Waals surface area contributed by atoms with E-state index in [1.807, 2.05) is 4.90 Å². The van der Waals surface area contributed by atoms with Crippen molar-refractivity contribution in [1.29, 1.82) is 0 Å². The molecule has 1 aromatic rings. The minimum Gasteiger partial charge on any atom is -0.477 e. The first-order chi connectivity index (χ1) is 11.0. The topological polar surface area (TPSA) is 99.6 Å². The Hall–Kier alpha value is -2.44. The number of rotatable bonds is 4. The summed E-state index contributed by atoms with van der Waals surface area (Å²) >= 11 is 0. The molecular weight excluding hydrogens is 298 g/mol. The fourth-order valence-electron chi connectivity index (χ4n) is 3.35. The van der Waals surface area contributed by atoms with Gasteiger partial charge in [-0.25, -0.2) is 9.78 Å². The lowest BCUT2D eigenvalue weighted by Gasteiger charge is -2.23. The van der Waals surface area contributed by atoms with Gasteiger partial charge in [0.2, 0.25) is 11.8 Å². The molecule has 2 fully saturated rings. The molecule has 0 radical (unpaired) electrons. The molecule has 1 unspecified atom stereocenters. The molecule has 1 aliphatic heterocycles. The highest BCUT2D eigenvalue weighted by atomic mass is 16.4. The zero-order valence-corrected chi connectivity index (χ0v) is 12.7. The number of nitrogens with one attached hydrogen (secondary N) is 1. The van der Waals surface area contributed by atoms with E-state index in [1.54, 1.807) is 0 Å². The number of carboxylic acid groups (broad SMARTS) is 1. The van der Waals surface area contributed by atoms with Gasteiger partial charge in [0.05, 0.1) is 5.92 Å². The van der Waals surface area contributed by atoms with Crippen LogP contribution < -0.4 is 5.32 Å². The van der Waals surface area contributed by atoms with Crippen molar-refractivity contribution in [2.45, 2.75) is 38.1 Å². The minimum absolute atomic E-state index is 0.0398. The number of anilines is 1. The maximum Gasteiger partial charge on any atom is 0.354 e. The number of likely N-dealkylation sites (tertiary alicyclic amines) is 1. The molecule has 0 bridgehead atoms. The molecule has 7 nitrogen and oxygen atoms in total. The van der Waals surface area contributed by atoms with Crippen LogP contribution in [0.5, 0.6) is 0 Å². The molecule has 1 saturated carbocycles. The van der Waals surface area contributed by atoms with Gasteiger partial charge in [-0.15, -0.1) is 0 Å². The van der Waals surface area contributed by atoms with Gasteiger partial charge in [-0.3, -0.25) is 9.59 Å². The van der Waals surface area contributed by atoms with E-state index in [1.165, 1.54) is 18.3 Å². The van der Waals surface area contributed by atoms with E-state index in [-0.39, 0.29) is 35.9 Å². The van der Waals surface area contributed by atoms with Gasteiger partial charge in [0.1, 0.15) is 5.69 Å². The Kier molecular flexibility index (Phi) is 4.27. The number of aromatic nitrogens is 1. The van der Waals surface area contributed by atoms with E-state index in [0.29, 0.717) is 12.2 Å². The van der Waals surface area contributed by atoms with Crippen LogP contribution in [-0.4, -0.2) is 45.4 Å². The SMILES string of the molecule is O=C(O)c1cc(NC(=O)C2CC(=O)N(C3CCCC3)C2)ccn1. The van der Waals surface area contributed by atoms with E-state index < -0.39 is 5.97 Å². The summed E-state index contributed by atoms with van der Waals surface area (Å²) in [4.78, 5) is 40.9. The fourth-order valence-corrected chi connectivity index (χ4v) is 3.35. The van der Waals surface area contributed by atoms with Gasteiger partial charge in [-0.1, -0.05) is 12.8 Å². The first-order valence-electron chi connectivity index (χ1n) is 7.84. The predicted octanol–water partition coefficient (Wildman–Crippen LogP) is 1.51. The smallest absolute Gasteiger partial charge is 0.354 e. The van der Waals surface area contributed by atoms with Gasteiger partial charge in [0.25, 0.3) is 0 Å². The Balaban J connectivity index is 1.63. The molecule has 7 heteroatoms. The minimum atomic E-state index is -1.15. The Bertz CT molecular complexity index is 640. The van der Waals surface area contributed by atoms with Crippen molar-refractivity contribution in [2.24, 2.45) is 5.92 Å². The van der Waals surface area contributed by atoms with Crippen molar-refractivity contribution in [3.63, 3.8) is 0 Å². The molecule has 0 aromatic carbocycles. The summed E-state index contributed by atoms with van der Waals surface area (Å²) in [5.74, 6) is -1.74. The third-order valence-electron chi connectivity index (χ3n) is 4.54. The molecule has 1 aliphatic carbocycles. The Labute approximate surface area is 133 Å². The second kappa shape index (κ2) is 6.36. The highest BCUT2D eigenvalue weighted by Gasteiger charge is 2.38. The van der Waals surface area contributed by atoms with E-state index in [0.717, 1.165) is 25.7 Å². The van der Waals surface area contributed by atoms with Crippen LogP contribution in [0, 0.1) is 5.92 Å². The summed E-state index contributed by atoms with van der Waals surface area (Å²) in [7, 11) is 0. The summed E-state index contributed by atoms with van der Waals surface area (Å²) in [6.45, 7) is 0.451. The summed E-state index contributed by atoms with van der Waals surface area (Å²) in [5, 5.41) is 11.6. The Morgan fingerprint density at radius 2 is 2.04 bits per heavy atom. The van der Waals surface area contributed by atoms with Crippen LogP contribution >= 0.6 is 0 Å². The van der Waals surface area contributed by atoms with Crippen LogP contribution in [0.2, 0.25) is 0 Å². The molecule has 2 heterocycles. The lowest BCUT2D eigenvalue weighted by Crippen LogP contribution is -2.35.